The fraction of sp³-hybridized carbons (Fsp3) is 0.889. The molecule has 1 heterocycles. The maximum Gasteiger partial charge on any atom is 0.223 e. The Balaban J connectivity index is 2.10. The first kappa shape index (κ1) is 8.05. The Labute approximate surface area is 72.2 Å². The van der Waals surface area contributed by atoms with Crippen molar-refractivity contribution in [1.29, 1.82) is 0 Å². The van der Waals surface area contributed by atoms with E-state index >= 15 is 0 Å². The quantitative estimate of drug-likeness (QED) is 0.592. The van der Waals surface area contributed by atoms with Gasteiger partial charge in [0.15, 0.2) is 0 Å². The molecule has 12 heavy (non-hydrogen) atoms. The molecule has 2 rings (SSSR count). The first-order valence-electron chi connectivity index (χ1n) is 4.74. The molecule has 0 aromatic carbocycles. The number of nitrogens with one attached hydrogen (secondary N) is 1. The summed E-state index contributed by atoms with van der Waals surface area (Å²) in [6.07, 6.45) is 4.51. The average Bonchev–Trinajstić information content (AvgIpc) is 2.44. The molecule has 3 heteroatoms. The summed E-state index contributed by atoms with van der Waals surface area (Å²) in [6.45, 7) is 0.104. The van der Waals surface area contributed by atoms with Crippen molar-refractivity contribution in [3.8, 4) is 0 Å². The van der Waals surface area contributed by atoms with Gasteiger partial charge >= 0.3 is 0 Å². The molecule has 1 amide bonds. The van der Waals surface area contributed by atoms with Gasteiger partial charge < -0.3 is 10.4 Å². The lowest BCUT2D eigenvalue weighted by molar-refractivity contribution is -0.123. The molecule has 0 aromatic rings. The van der Waals surface area contributed by atoms with Gasteiger partial charge in [0.1, 0.15) is 0 Å². The van der Waals surface area contributed by atoms with Gasteiger partial charge in [0.05, 0.1) is 12.6 Å². The molecule has 68 valence electrons. The third-order valence-corrected chi connectivity index (χ3v) is 3.20. The molecule has 2 N–H and O–H groups in total. The molecule has 0 unspecified atom stereocenters. The summed E-state index contributed by atoms with van der Waals surface area (Å²) in [5.74, 6) is 0.783. The Bertz CT molecular complexity index is 193. The molecule has 1 aliphatic carbocycles. The second-order valence-electron chi connectivity index (χ2n) is 3.85. The van der Waals surface area contributed by atoms with Crippen LogP contribution >= 0.6 is 0 Å². The summed E-state index contributed by atoms with van der Waals surface area (Å²) in [5.41, 5.74) is 0. The number of hydrogen-bond donors (Lipinski definition) is 2. The molecule has 1 saturated heterocycles. The van der Waals surface area contributed by atoms with Crippen LogP contribution in [0.1, 0.15) is 25.7 Å². The van der Waals surface area contributed by atoms with Crippen molar-refractivity contribution in [2.24, 2.45) is 11.8 Å². The van der Waals surface area contributed by atoms with Crippen molar-refractivity contribution in [2.75, 3.05) is 6.61 Å². The summed E-state index contributed by atoms with van der Waals surface area (Å²) in [7, 11) is 0. The molecule has 2 fully saturated rings. The van der Waals surface area contributed by atoms with Crippen LogP contribution in [0.15, 0.2) is 0 Å². The molecule has 0 aromatic heterocycles. The van der Waals surface area contributed by atoms with Gasteiger partial charge in [-0.2, -0.15) is 0 Å². The van der Waals surface area contributed by atoms with Gasteiger partial charge in [0, 0.05) is 5.92 Å². The third-order valence-electron chi connectivity index (χ3n) is 3.20. The second kappa shape index (κ2) is 3.05. The summed E-state index contributed by atoms with van der Waals surface area (Å²) in [6, 6.07) is 0.0443. The maximum atomic E-state index is 11.4. The molecular weight excluding hydrogens is 154 g/mol. The second-order valence-corrected chi connectivity index (χ2v) is 3.85. The van der Waals surface area contributed by atoms with Crippen LogP contribution in [-0.4, -0.2) is 23.7 Å². The van der Waals surface area contributed by atoms with E-state index in [2.05, 4.69) is 5.32 Å². The fourth-order valence-electron chi connectivity index (χ4n) is 2.54. The number of aliphatic hydroxyl groups excluding tert-OH is 1. The SMILES string of the molecule is O=C1N[C@H](CO)[C@@H]2CCCC[C@@H]12. The number of fused-ring (bicyclic) bond motifs is 1. The van der Waals surface area contributed by atoms with Gasteiger partial charge in [-0.1, -0.05) is 12.8 Å². The minimum absolute atomic E-state index is 0.0443. The number of aliphatic hydroxyl groups is 1. The Morgan fingerprint density at radius 1 is 1.42 bits per heavy atom. The van der Waals surface area contributed by atoms with Crippen molar-refractivity contribution >= 4 is 5.91 Å². The molecule has 1 saturated carbocycles. The fourth-order valence-corrected chi connectivity index (χ4v) is 2.54. The van der Waals surface area contributed by atoms with Gasteiger partial charge in [0.2, 0.25) is 5.91 Å². The highest BCUT2D eigenvalue weighted by atomic mass is 16.3. The monoisotopic (exact) mass is 169 g/mol. The molecule has 2 aliphatic rings. The van der Waals surface area contributed by atoms with E-state index in [1.54, 1.807) is 0 Å². The largest absolute Gasteiger partial charge is 0.394 e. The summed E-state index contributed by atoms with van der Waals surface area (Å²) in [4.78, 5) is 11.4. The van der Waals surface area contributed by atoms with E-state index in [0.29, 0.717) is 5.92 Å². The van der Waals surface area contributed by atoms with Crippen LogP contribution in [0.25, 0.3) is 0 Å². The lowest BCUT2D eigenvalue weighted by Crippen LogP contribution is -2.32. The van der Waals surface area contributed by atoms with Crippen LogP contribution in [0.2, 0.25) is 0 Å². The van der Waals surface area contributed by atoms with Gasteiger partial charge in [0.25, 0.3) is 0 Å². The summed E-state index contributed by atoms with van der Waals surface area (Å²) in [5, 5.41) is 11.9. The lowest BCUT2D eigenvalue weighted by Gasteiger charge is -2.25. The summed E-state index contributed by atoms with van der Waals surface area (Å²) < 4.78 is 0. The van der Waals surface area contributed by atoms with Crippen molar-refractivity contribution in [1.82, 2.24) is 5.32 Å². The van der Waals surface area contributed by atoms with E-state index in [9.17, 15) is 4.79 Å². The first-order chi connectivity index (χ1) is 5.83. The number of rotatable bonds is 1. The van der Waals surface area contributed by atoms with Gasteiger partial charge in [-0.15, -0.1) is 0 Å². The molecule has 3 atom stereocenters. The predicted molar refractivity (Wildman–Crippen MR) is 44.5 cm³/mol. The molecule has 0 bridgehead atoms. The number of hydrogen-bond acceptors (Lipinski definition) is 2. The Kier molecular flexibility index (Phi) is 2.05. The standard InChI is InChI=1S/C9H15NO2/c11-5-8-6-3-1-2-4-7(6)9(12)10-8/h6-8,11H,1-5H2,(H,10,12)/t6-,7-,8-/m1/s1. The molecular formula is C9H15NO2. The maximum absolute atomic E-state index is 11.4. The number of carbonyl (C=O) groups excluding carboxylic acids is 1. The average molecular weight is 169 g/mol. The normalized spacial score (nSPS) is 40.8. The van der Waals surface area contributed by atoms with Crippen LogP contribution in [0, 0.1) is 11.8 Å². The highest BCUT2D eigenvalue weighted by Gasteiger charge is 2.42. The van der Waals surface area contributed by atoms with E-state index in [4.69, 9.17) is 5.11 Å². The van der Waals surface area contributed by atoms with E-state index in [1.165, 1.54) is 12.8 Å². The number of amides is 1. The predicted octanol–water partition coefficient (Wildman–Crippen LogP) is 0.283. The summed E-state index contributed by atoms with van der Waals surface area (Å²) >= 11 is 0. The van der Waals surface area contributed by atoms with Crippen molar-refractivity contribution in [3.05, 3.63) is 0 Å². The molecule has 1 aliphatic heterocycles. The Hall–Kier alpha value is -0.570. The van der Waals surface area contributed by atoms with E-state index < -0.39 is 0 Å². The zero-order chi connectivity index (χ0) is 8.55. The van der Waals surface area contributed by atoms with Gasteiger partial charge in [-0.3, -0.25) is 4.79 Å². The zero-order valence-electron chi connectivity index (χ0n) is 7.12. The molecule has 0 spiro atoms. The van der Waals surface area contributed by atoms with Crippen LogP contribution < -0.4 is 5.32 Å². The molecule has 0 radical (unpaired) electrons. The van der Waals surface area contributed by atoms with Crippen LogP contribution in [-0.2, 0) is 4.79 Å². The van der Waals surface area contributed by atoms with Crippen LogP contribution in [0.3, 0.4) is 0 Å². The smallest absolute Gasteiger partial charge is 0.223 e. The highest BCUT2D eigenvalue weighted by Crippen LogP contribution is 2.36. The zero-order valence-corrected chi connectivity index (χ0v) is 7.12. The van der Waals surface area contributed by atoms with Crippen molar-refractivity contribution < 1.29 is 9.90 Å². The number of carbonyl (C=O) groups is 1. The molecule has 3 nitrogen and oxygen atoms in total. The van der Waals surface area contributed by atoms with E-state index in [-0.39, 0.29) is 24.5 Å². The topological polar surface area (TPSA) is 49.3 Å². The first-order valence-corrected chi connectivity index (χ1v) is 4.74. The lowest BCUT2D eigenvalue weighted by atomic mass is 9.78. The van der Waals surface area contributed by atoms with Crippen molar-refractivity contribution in [2.45, 2.75) is 31.7 Å². The third kappa shape index (κ3) is 1.12. The highest BCUT2D eigenvalue weighted by molar-refractivity contribution is 5.82. The van der Waals surface area contributed by atoms with E-state index in [1.807, 2.05) is 0 Å². The van der Waals surface area contributed by atoms with Gasteiger partial charge in [-0.25, -0.2) is 0 Å². The Morgan fingerprint density at radius 3 is 2.92 bits per heavy atom. The van der Waals surface area contributed by atoms with E-state index in [0.717, 1.165) is 12.8 Å². The minimum Gasteiger partial charge on any atom is -0.394 e. The van der Waals surface area contributed by atoms with Crippen LogP contribution in [0.4, 0.5) is 0 Å². The van der Waals surface area contributed by atoms with Gasteiger partial charge in [-0.05, 0) is 18.8 Å². The van der Waals surface area contributed by atoms with Crippen molar-refractivity contribution in [3.63, 3.8) is 0 Å². The Morgan fingerprint density at radius 2 is 2.17 bits per heavy atom. The minimum atomic E-state index is 0.0443. The van der Waals surface area contributed by atoms with Crippen LogP contribution in [0.5, 0.6) is 0 Å².